The molecule has 6 nitrogen and oxygen atoms in total. The second-order valence-electron chi connectivity index (χ2n) is 5.99. The Hall–Kier alpha value is -1.40. The molecule has 1 amide bonds. The molecule has 1 aliphatic heterocycles. The lowest BCUT2D eigenvalue weighted by Crippen LogP contribution is -2.45. The van der Waals surface area contributed by atoms with E-state index >= 15 is 0 Å². The Morgan fingerprint density at radius 1 is 1.33 bits per heavy atom. The maximum absolute atomic E-state index is 12.1. The molecule has 2 heterocycles. The van der Waals surface area contributed by atoms with Crippen LogP contribution < -0.4 is 5.32 Å². The van der Waals surface area contributed by atoms with E-state index in [0.717, 1.165) is 44.0 Å². The molecule has 0 bridgehead atoms. The van der Waals surface area contributed by atoms with E-state index in [1.165, 1.54) is 0 Å². The van der Waals surface area contributed by atoms with E-state index in [1.54, 1.807) is 0 Å². The highest BCUT2D eigenvalue weighted by Crippen LogP contribution is 2.16. The van der Waals surface area contributed by atoms with Gasteiger partial charge in [0.15, 0.2) is 0 Å². The third kappa shape index (κ3) is 4.28. The minimum atomic E-state index is 0.0127. The smallest absolute Gasteiger partial charge is 0.221 e. The molecule has 0 unspecified atom stereocenters. The fourth-order valence-electron chi connectivity index (χ4n) is 2.66. The van der Waals surface area contributed by atoms with Crippen LogP contribution in [-0.4, -0.2) is 65.3 Å². The van der Waals surface area contributed by atoms with Crippen LogP contribution in [0.25, 0.3) is 0 Å². The number of nitrogens with zero attached hydrogens (tertiary/aromatic N) is 4. The lowest BCUT2D eigenvalue weighted by molar-refractivity contribution is -0.122. The minimum Gasteiger partial charge on any atom is -0.349 e. The molecule has 2 rings (SSSR count). The molecule has 1 fully saturated rings. The van der Waals surface area contributed by atoms with Crippen LogP contribution in [0, 0.1) is 6.92 Å². The van der Waals surface area contributed by atoms with E-state index in [9.17, 15) is 4.79 Å². The Labute approximate surface area is 127 Å². The summed E-state index contributed by atoms with van der Waals surface area (Å²) in [5.41, 5.74) is 2.19. The van der Waals surface area contributed by atoms with Crippen molar-refractivity contribution in [3.63, 3.8) is 0 Å². The van der Waals surface area contributed by atoms with Crippen LogP contribution in [0.2, 0.25) is 0 Å². The lowest BCUT2D eigenvalue weighted by atomic mass is 10.1. The van der Waals surface area contributed by atoms with Crippen LogP contribution in [0.4, 0.5) is 0 Å². The molecule has 1 atom stereocenters. The van der Waals surface area contributed by atoms with Crippen LogP contribution in [-0.2, 0) is 11.8 Å². The quantitative estimate of drug-likeness (QED) is 0.861. The number of hydrogen-bond acceptors (Lipinski definition) is 4. The summed E-state index contributed by atoms with van der Waals surface area (Å²) in [6.45, 7) is 9.17. The van der Waals surface area contributed by atoms with E-state index in [1.807, 2.05) is 31.8 Å². The third-order valence-corrected chi connectivity index (χ3v) is 4.37. The van der Waals surface area contributed by atoms with Gasteiger partial charge in [-0.25, -0.2) is 0 Å². The molecule has 1 saturated heterocycles. The van der Waals surface area contributed by atoms with Crippen molar-refractivity contribution in [2.45, 2.75) is 26.3 Å². The standard InChI is InChI=1S/C15H27N5O/c1-12(14-11-16-19(4)13(14)2)17-15(21)5-6-20-9-7-18(3)8-10-20/h11-12H,5-10H2,1-4H3,(H,17,21)/t12-/m0/s1. The summed E-state index contributed by atoms with van der Waals surface area (Å²) in [4.78, 5) is 16.8. The van der Waals surface area contributed by atoms with Gasteiger partial charge in [0, 0.05) is 57.4 Å². The molecule has 0 aromatic carbocycles. The predicted octanol–water partition coefficient (Wildman–Crippen LogP) is 0.543. The zero-order valence-electron chi connectivity index (χ0n) is 13.6. The largest absolute Gasteiger partial charge is 0.349 e. The van der Waals surface area contributed by atoms with Crippen LogP contribution >= 0.6 is 0 Å². The molecule has 0 saturated carbocycles. The zero-order valence-corrected chi connectivity index (χ0v) is 13.6. The number of carbonyl (C=O) groups excluding carboxylic acids is 1. The van der Waals surface area contributed by atoms with Crippen molar-refractivity contribution in [2.24, 2.45) is 7.05 Å². The molecule has 1 N–H and O–H groups in total. The predicted molar refractivity (Wildman–Crippen MR) is 83.1 cm³/mol. The Bertz CT molecular complexity index is 476. The second-order valence-corrected chi connectivity index (χ2v) is 5.99. The fourth-order valence-corrected chi connectivity index (χ4v) is 2.66. The van der Waals surface area contributed by atoms with Crippen molar-refractivity contribution in [1.29, 1.82) is 0 Å². The van der Waals surface area contributed by atoms with E-state index in [4.69, 9.17) is 0 Å². The second kappa shape index (κ2) is 7.04. The summed E-state index contributed by atoms with van der Waals surface area (Å²) >= 11 is 0. The molecule has 0 radical (unpaired) electrons. The summed E-state index contributed by atoms with van der Waals surface area (Å²) in [5.74, 6) is 0.115. The number of aryl methyl sites for hydroxylation is 1. The van der Waals surface area contributed by atoms with Gasteiger partial charge in [0.05, 0.1) is 12.2 Å². The van der Waals surface area contributed by atoms with Gasteiger partial charge >= 0.3 is 0 Å². The van der Waals surface area contributed by atoms with E-state index in [2.05, 4.69) is 27.3 Å². The van der Waals surface area contributed by atoms with Gasteiger partial charge in [-0.05, 0) is 20.9 Å². The summed E-state index contributed by atoms with van der Waals surface area (Å²) in [7, 11) is 4.06. The molecule has 0 aliphatic carbocycles. The first-order chi connectivity index (χ1) is 9.97. The van der Waals surface area contributed by atoms with Crippen molar-refractivity contribution in [1.82, 2.24) is 24.9 Å². The van der Waals surface area contributed by atoms with Gasteiger partial charge in [0.2, 0.25) is 5.91 Å². The average molecular weight is 293 g/mol. The van der Waals surface area contributed by atoms with Gasteiger partial charge in [-0.3, -0.25) is 9.48 Å². The normalized spacial score (nSPS) is 18.7. The van der Waals surface area contributed by atoms with Crippen molar-refractivity contribution >= 4 is 5.91 Å². The van der Waals surface area contributed by atoms with Gasteiger partial charge in [0.1, 0.15) is 0 Å². The molecule has 21 heavy (non-hydrogen) atoms. The van der Waals surface area contributed by atoms with E-state index in [0.29, 0.717) is 6.42 Å². The Morgan fingerprint density at radius 2 is 2.00 bits per heavy atom. The van der Waals surface area contributed by atoms with E-state index in [-0.39, 0.29) is 11.9 Å². The number of amides is 1. The number of likely N-dealkylation sites (N-methyl/N-ethyl adjacent to an activating group) is 1. The number of rotatable bonds is 5. The number of nitrogens with one attached hydrogen (secondary N) is 1. The molecule has 1 aliphatic rings. The van der Waals surface area contributed by atoms with Crippen LogP contribution in [0.5, 0.6) is 0 Å². The Balaban J connectivity index is 1.75. The zero-order chi connectivity index (χ0) is 15.4. The van der Waals surface area contributed by atoms with Crippen LogP contribution in [0.1, 0.15) is 30.6 Å². The number of carbonyl (C=O) groups is 1. The summed E-state index contributed by atoms with van der Waals surface area (Å²) < 4.78 is 1.84. The molecule has 0 spiro atoms. The lowest BCUT2D eigenvalue weighted by Gasteiger charge is -2.32. The van der Waals surface area contributed by atoms with Gasteiger partial charge in [-0.1, -0.05) is 0 Å². The first-order valence-electron chi connectivity index (χ1n) is 7.66. The van der Waals surface area contributed by atoms with Crippen LogP contribution in [0.3, 0.4) is 0 Å². The maximum Gasteiger partial charge on any atom is 0.221 e. The summed E-state index contributed by atoms with van der Waals surface area (Å²) in [6.07, 6.45) is 2.40. The third-order valence-electron chi connectivity index (χ3n) is 4.37. The molecule has 6 heteroatoms. The Morgan fingerprint density at radius 3 is 2.57 bits per heavy atom. The first kappa shape index (κ1) is 16.0. The molecule has 118 valence electrons. The topological polar surface area (TPSA) is 53.4 Å². The van der Waals surface area contributed by atoms with Crippen molar-refractivity contribution in [3.05, 3.63) is 17.5 Å². The van der Waals surface area contributed by atoms with Gasteiger partial charge in [-0.15, -0.1) is 0 Å². The maximum atomic E-state index is 12.1. The number of hydrogen-bond donors (Lipinski definition) is 1. The first-order valence-corrected chi connectivity index (χ1v) is 7.66. The minimum absolute atomic E-state index is 0.0127. The Kier molecular flexibility index (Phi) is 5.36. The van der Waals surface area contributed by atoms with Crippen molar-refractivity contribution in [2.75, 3.05) is 39.8 Å². The number of aromatic nitrogens is 2. The molecular weight excluding hydrogens is 266 g/mol. The summed E-state index contributed by atoms with van der Waals surface area (Å²) in [6, 6.07) is 0.0127. The number of piperazine rings is 1. The highest BCUT2D eigenvalue weighted by molar-refractivity contribution is 5.76. The highest BCUT2D eigenvalue weighted by Gasteiger charge is 2.17. The SMILES string of the molecule is Cc1c([C@H](C)NC(=O)CCN2CCN(C)CC2)cnn1C. The molecular formula is C15H27N5O. The van der Waals surface area contributed by atoms with Crippen molar-refractivity contribution in [3.8, 4) is 0 Å². The van der Waals surface area contributed by atoms with Gasteiger partial charge in [0.25, 0.3) is 0 Å². The molecule has 1 aromatic rings. The van der Waals surface area contributed by atoms with Gasteiger partial charge in [-0.2, -0.15) is 5.10 Å². The monoisotopic (exact) mass is 293 g/mol. The van der Waals surface area contributed by atoms with Crippen molar-refractivity contribution < 1.29 is 4.79 Å². The molecule has 1 aromatic heterocycles. The average Bonchev–Trinajstić information content (AvgIpc) is 2.78. The van der Waals surface area contributed by atoms with Gasteiger partial charge < -0.3 is 15.1 Å². The fraction of sp³-hybridized carbons (Fsp3) is 0.733. The summed E-state index contributed by atoms with van der Waals surface area (Å²) in [5, 5.41) is 7.29. The van der Waals surface area contributed by atoms with E-state index < -0.39 is 0 Å². The van der Waals surface area contributed by atoms with Crippen LogP contribution in [0.15, 0.2) is 6.20 Å². The highest BCUT2D eigenvalue weighted by atomic mass is 16.1.